The highest BCUT2D eigenvalue weighted by atomic mass is 16.5. The molecule has 0 aliphatic carbocycles. The van der Waals surface area contributed by atoms with Gasteiger partial charge in [-0.1, -0.05) is 18.2 Å². The van der Waals surface area contributed by atoms with E-state index in [4.69, 9.17) is 4.74 Å². The minimum atomic E-state index is -0.180. The quantitative estimate of drug-likeness (QED) is 0.601. The van der Waals surface area contributed by atoms with Gasteiger partial charge in [0.2, 0.25) is 0 Å². The summed E-state index contributed by atoms with van der Waals surface area (Å²) in [5.74, 6) is 0. The number of anilines is 1. The van der Waals surface area contributed by atoms with Crippen LogP contribution in [0, 0.1) is 0 Å². The number of rotatable bonds is 2. The first kappa shape index (κ1) is 26.3. The van der Waals surface area contributed by atoms with Gasteiger partial charge in [0, 0.05) is 56.9 Å². The molecule has 8 heteroatoms. The van der Waals surface area contributed by atoms with Gasteiger partial charge in [-0.25, -0.2) is 9.59 Å². The molecule has 0 aromatic heterocycles. The highest BCUT2D eigenvalue weighted by Crippen LogP contribution is 2.47. The molecule has 4 heterocycles. The van der Waals surface area contributed by atoms with Crippen LogP contribution in [0.15, 0.2) is 24.3 Å². The zero-order valence-electron chi connectivity index (χ0n) is 23.0. The minimum Gasteiger partial charge on any atom is -0.453 e. The van der Waals surface area contributed by atoms with Gasteiger partial charge in [-0.3, -0.25) is 4.90 Å². The van der Waals surface area contributed by atoms with Crippen molar-refractivity contribution >= 4 is 17.8 Å². The fourth-order valence-corrected chi connectivity index (χ4v) is 7.37. The molecule has 0 atom stereocenters. The number of carbonyl (C=O) groups excluding carboxylic acids is 2. The number of benzene rings is 1. The predicted molar refractivity (Wildman–Crippen MR) is 146 cm³/mol. The summed E-state index contributed by atoms with van der Waals surface area (Å²) >= 11 is 0. The molecule has 3 saturated heterocycles. The number of amides is 3. The van der Waals surface area contributed by atoms with Crippen molar-refractivity contribution in [2.24, 2.45) is 0 Å². The zero-order chi connectivity index (χ0) is 26.0. The van der Waals surface area contributed by atoms with Crippen LogP contribution in [-0.4, -0.2) is 111 Å². The van der Waals surface area contributed by atoms with Crippen molar-refractivity contribution in [2.75, 3.05) is 71.9 Å². The number of para-hydroxylation sites is 1. The number of fused-ring (bicyclic) bond motifs is 2. The van der Waals surface area contributed by atoms with Crippen molar-refractivity contribution < 1.29 is 14.3 Å². The first-order chi connectivity index (χ1) is 17.9. The summed E-state index contributed by atoms with van der Waals surface area (Å²) in [6, 6.07) is 9.98. The van der Waals surface area contributed by atoms with Crippen molar-refractivity contribution in [1.82, 2.24) is 19.6 Å². The van der Waals surface area contributed by atoms with Crippen LogP contribution in [0.2, 0.25) is 0 Å². The molecule has 4 aliphatic rings. The molecule has 3 fully saturated rings. The SMILES string of the molecule is COC(=O)N1CCCC(N2CCC(N3CCC4(CC3)CN(C(=O)N(C)C)c3ccccc34)CC2)CCC1. The summed E-state index contributed by atoms with van der Waals surface area (Å²) in [5.41, 5.74) is 2.57. The van der Waals surface area contributed by atoms with Gasteiger partial charge >= 0.3 is 12.1 Å². The lowest BCUT2D eigenvalue weighted by Gasteiger charge is -2.46. The molecule has 1 aromatic rings. The fraction of sp³-hybridized carbons (Fsp3) is 0.724. The Balaban J connectivity index is 1.13. The zero-order valence-corrected chi connectivity index (χ0v) is 23.0. The lowest BCUT2D eigenvalue weighted by molar-refractivity contribution is 0.0481. The Morgan fingerprint density at radius 2 is 1.46 bits per heavy atom. The van der Waals surface area contributed by atoms with Crippen LogP contribution >= 0.6 is 0 Å². The predicted octanol–water partition coefficient (Wildman–Crippen LogP) is 4.00. The Hall–Kier alpha value is -2.32. The number of piperidine rings is 2. The van der Waals surface area contributed by atoms with E-state index >= 15 is 0 Å². The number of carbonyl (C=O) groups is 2. The van der Waals surface area contributed by atoms with Crippen molar-refractivity contribution in [3.05, 3.63) is 29.8 Å². The summed E-state index contributed by atoms with van der Waals surface area (Å²) in [5, 5.41) is 0. The number of methoxy groups -OCH3 is 1. The maximum absolute atomic E-state index is 12.9. The normalized spacial score (nSPS) is 24.0. The standard InChI is InChI=1S/C29H45N5O3/c1-30(2)27(35)34-22-29(25-10-4-5-11-26(25)34)14-20-32(21-15-29)24-12-18-31(19-13-24)23-8-6-16-33(17-7-9-23)28(36)37-3/h4-5,10-11,23-24H,6-9,12-22H2,1-3H3. The molecule has 0 radical (unpaired) electrons. The molecule has 8 nitrogen and oxygen atoms in total. The second-order valence-corrected chi connectivity index (χ2v) is 11.8. The fourth-order valence-electron chi connectivity index (χ4n) is 7.37. The molecular formula is C29H45N5O3. The van der Waals surface area contributed by atoms with E-state index < -0.39 is 0 Å². The summed E-state index contributed by atoms with van der Waals surface area (Å²) < 4.78 is 4.92. The molecule has 0 unspecified atom stereocenters. The van der Waals surface area contributed by atoms with Crippen LogP contribution in [0.3, 0.4) is 0 Å². The van der Waals surface area contributed by atoms with Crippen LogP contribution in [0.4, 0.5) is 15.3 Å². The molecule has 0 N–H and O–H groups in total. The summed E-state index contributed by atoms with van der Waals surface area (Å²) in [6.07, 6.45) is 9.03. The van der Waals surface area contributed by atoms with Crippen LogP contribution in [0.1, 0.15) is 56.9 Å². The Bertz CT molecular complexity index is 943. The summed E-state index contributed by atoms with van der Waals surface area (Å²) in [7, 11) is 5.17. The van der Waals surface area contributed by atoms with Gasteiger partial charge in [0.25, 0.3) is 0 Å². The van der Waals surface area contributed by atoms with E-state index in [-0.39, 0.29) is 17.5 Å². The third-order valence-corrected chi connectivity index (χ3v) is 9.49. The number of nitrogens with zero attached hydrogens (tertiary/aromatic N) is 5. The lowest BCUT2D eigenvalue weighted by atomic mass is 9.74. The molecule has 0 saturated carbocycles. The molecule has 5 rings (SSSR count). The molecule has 1 aromatic carbocycles. The minimum absolute atomic E-state index is 0.0892. The van der Waals surface area contributed by atoms with E-state index in [0.29, 0.717) is 12.1 Å². The molecule has 0 bridgehead atoms. The Morgan fingerprint density at radius 3 is 2.08 bits per heavy atom. The molecule has 3 amide bonds. The Kier molecular flexibility index (Phi) is 7.96. The Morgan fingerprint density at radius 1 is 0.865 bits per heavy atom. The largest absolute Gasteiger partial charge is 0.453 e. The lowest BCUT2D eigenvalue weighted by Crippen LogP contribution is -2.53. The van der Waals surface area contributed by atoms with Crippen LogP contribution in [-0.2, 0) is 10.2 Å². The monoisotopic (exact) mass is 511 g/mol. The highest BCUT2D eigenvalue weighted by Gasteiger charge is 2.47. The van der Waals surface area contributed by atoms with E-state index in [2.05, 4.69) is 34.1 Å². The average molecular weight is 512 g/mol. The van der Waals surface area contributed by atoms with Gasteiger partial charge in [-0.05, 0) is 89.2 Å². The van der Waals surface area contributed by atoms with Gasteiger partial charge in [0.1, 0.15) is 0 Å². The first-order valence-corrected chi connectivity index (χ1v) is 14.3. The van der Waals surface area contributed by atoms with Crippen molar-refractivity contribution in [3.8, 4) is 0 Å². The topological polar surface area (TPSA) is 59.6 Å². The van der Waals surface area contributed by atoms with Gasteiger partial charge in [0.05, 0.1) is 7.11 Å². The van der Waals surface area contributed by atoms with E-state index in [1.807, 2.05) is 23.9 Å². The van der Waals surface area contributed by atoms with Gasteiger partial charge in [-0.2, -0.15) is 0 Å². The van der Waals surface area contributed by atoms with E-state index in [9.17, 15) is 9.59 Å². The Labute approximate surface area is 222 Å². The van der Waals surface area contributed by atoms with Crippen LogP contribution < -0.4 is 4.90 Å². The summed E-state index contributed by atoms with van der Waals surface area (Å²) in [6.45, 7) is 7.05. The second kappa shape index (κ2) is 11.2. The maximum Gasteiger partial charge on any atom is 0.409 e. The molecule has 204 valence electrons. The highest BCUT2D eigenvalue weighted by molar-refractivity contribution is 5.95. The van der Waals surface area contributed by atoms with Gasteiger partial charge in [-0.15, -0.1) is 0 Å². The third-order valence-electron chi connectivity index (χ3n) is 9.49. The smallest absolute Gasteiger partial charge is 0.409 e. The number of hydrogen-bond donors (Lipinski definition) is 0. The number of ether oxygens (including phenoxy) is 1. The molecule has 4 aliphatic heterocycles. The third kappa shape index (κ3) is 5.32. The van der Waals surface area contributed by atoms with Gasteiger partial charge in [0.15, 0.2) is 0 Å². The van der Waals surface area contributed by atoms with Crippen molar-refractivity contribution in [2.45, 2.75) is 68.9 Å². The average Bonchev–Trinajstić information content (AvgIpc) is 3.22. The number of hydrogen-bond acceptors (Lipinski definition) is 5. The molecular weight excluding hydrogens is 466 g/mol. The van der Waals surface area contributed by atoms with E-state index in [1.54, 1.807) is 4.90 Å². The summed E-state index contributed by atoms with van der Waals surface area (Å²) in [4.78, 5) is 35.8. The maximum atomic E-state index is 12.9. The van der Waals surface area contributed by atoms with Crippen molar-refractivity contribution in [1.29, 1.82) is 0 Å². The second-order valence-electron chi connectivity index (χ2n) is 11.8. The molecule has 1 spiro atoms. The van der Waals surface area contributed by atoms with E-state index in [0.717, 1.165) is 64.1 Å². The number of likely N-dealkylation sites (tertiary alicyclic amines) is 3. The first-order valence-electron chi connectivity index (χ1n) is 14.3. The number of urea groups is 1. The van der Waals surface area contributed by atoms with Crippen LogP contribution in [0.25, 0.3) is 0 Å². The van der Waals surface area contributed by atoms with Crippen LogP contribution in [0.5, 0.6) is 0 Å². The van der Waals surface area contributed by atoms with Crippen molar-refractivity contribution in [3.63, 3.8) is 0 Å². The van der Waals surface area contributed by atoms with Gasteiger partial charge < -0.3 is 24.3 Å². The molecule has 37 heavy (non-hydrogen) atoms. The van der Waals surface area contributed by atoms with E-state index in [1.165, 1.54) is 51.4 Å².